The van der Waals surface area contributed by atoms with E-state index in [1.54, 1.807) is 27.4 Å². The highest BCUT2D eigenvalue weighted by molar-refractivity contribution is 5.98. The Hall–Kier alpha value is -1.12. The third-order valence-corrected chi connectivity index (χ3v) is 10.3. The lowest BCUT2D eigenvalue weighted by molar-refractivity contribution is -0.267. The number of hydrogen-bond donors (Lipinski definition) is 1. The fraction of sp³-hybridized carbons (Fsp3) is 0.833. The first kappa shape index (κ1) is 20.5. The van der Waals surface area contributed by atoms with Crippen LogP contribution in [0, 0.1) is 40.4 Å². The lowest BCUT2D eigenvalue weighted by Crippen LogP contribution is -2.78. The Bertz CT molecular complexity index is 874. The van der Waals surface area contributed by atoms with Crippen LogP contribution >= 0.6 is 0 Å². The summed E-state index contributed by atoms with van der Waals surface area (Å²) in [6, 6.07) is 0.0830. The SMILES string of the molecule is CCN1C[C@]2(COC)C(=O)C=C[C@]34C1[C@H]([C@H](OC)[C@H]23)[C@@]1(O)C[C@@H](OC)C(=O)[C@H]2C[C@@H]4[C@H]21. The van der Waals surface area contributed by atoms with Gasteiger partial charge in [-0.25, -0.2) is 0 Å². The molecule has 5 fully saturated rings. The molecule has 0 aromatic carbocycles. The monoisotopic (exact) mass is 431 g/mol. The maximum atomic E-state index is 13.5. The molecule has 0 radical (unpaired) electrons. The van der Waals surface area contributed by atoms with E-state index in [4.69, 9.17) is 14.2 Å². The van der Waals surface area contributed by atoms with Crippen LogP contribution in [0.3, 0.4) is 0 Å². The number of ketones is 2. The number of nitrogens with zero attached hydrogens (tertiary/aromatic N) is 1. The number of hydrogen-bond acceptors (Lipinski definition) is 7. The van der Waals surface area contributed by atoms with Crippen LogP contribution in [0.4, 0.5) is 0 Å². The summed E-state index contributed by atoms with van der Waals surface area (Å²) < 4.78 is 17.4. The molecule has 6 rings (SSSR count). The first-order chi connectivity index (χ1) is 14.9. The Labute approximate surface area is 183 Å². The number of ether oxygens (including phenoxy) is 3. The summed E-state index contributed by atoms with van der Waals surface area (Å²) in [7, 11) is 4.93. The molecule has 7 heteroatoms. The van der Waals surface area contributed by atoms with Gasteiger partial charge >= 0.3 is 0 Å². The molecule has 0 aromatic rings. The van der Waals surface area contributed by atoms with E-state index in [0.717, 1.165) is 13.0 Å². The van der Waals surface area contributed by atoms with E-state index < -0.39 is 17.1 Å². The molecule has 1 N–H and O–H groups in total. The maximum Gasteiger partial charge on any atom is 0.165 e. The van der Waals surface area contributed by atoms with E-state index >= 15 is 0 Å². The van der Waals surface area contributed by atoms with E-state index in [2.05, 4.69) is 17.9 Å². The van der Waals surface area contributed by atoms with Crippen molar-refractivity contribution < 1.29 is 28.9 Å². The molecule has 11 atom stereocenters. The van der Waals surface area contributed by atoms with Crippen molar-refractivity contribution in [2.75, 3.05) is 41.0 Å². The fourth-order valence-corrected chi connectivity index (χ4v) is 9.55. The summed E-state index contributed by atoms with van der Waals surface area (Å²) in [6.45, 7) is 3.89. The molecule has 1 heterocycles. The zero-order valence-electron chi connectivity index (χ0n) is 18.7. The van der Waals surface area contributed by atoms with Gasteiger partial charge in [-0.2, -0.15) is 0 Å². The van der Waals surface area contributed by atoms with Gasteiger partial charge in [0, 0.05) is 69.4 Å². The molecule has 1 unspecified atom stereocenters. The molecule has 7 nitrogen and oxygen atoms in total. The number of piperidine rings is 1. The smallest absolute Gasteiger partial charge is 0.165 e. The molecule has 0 aromatic heterocycles. The lowest BCUT2D eigenvalue weighted by atomic mass is 9.36. The first-order valence-electron chi connectivity index (χ1n) is 11.6. The van der Waals surface area contributed by atoms with Crippen LogP contribution in [0.5, 0.6) is 0 Å². The molecular weight excluding hydrogens is 398 g/mol. The van der Waals surface area contributed by atoms with Crippen LogP contribution in [0.15, 0.2) is 12.2 Å². The van der Waals surface area contributed by atoms with Gasteiger partial charge in [-0.05, 0) is 25.0 Å². The van der Waals surface area contributed by atoms with Gasteiger partial charge in [0.15, 0.2) is 11.6 Å². The van der Waals surface area contributed by atoms with Gasteiger partial charge in [0.1, 0.15) is 6.10 Å². The van der Waals surface area contributed by atoms with Crippen molar-refractivity contribution in [3.63, 3.8) is 0 Å². The second kappa shape index (κ2) is 6.26. The van der Waals surface area contributed by atoms with Gasteiger partial charge < -0.3 is 19.3 Å². The minimum atomic E-state index is -1.04. The van der Waals surface area contributed by atoms with Gasteiger partial charge in [0.25, 0.3) is 0 Å². The number of carbonyl (C=O) groups is 2. The highest BCUT2D eigenvalue weighted by Gasteiger charge is 2.85. The Balaban J connectivity index is 1.60. The van der Waals surface area contributed by atoms with Crippen LogP contribution < -0.4 is 0 Å². The van der Waals surface area contributed by atoms with E-state index in [1.807, 2.05) is 0 Å². The molecular formula is C24H33NO6. The van der Waals surface area contributed by atoms with E-state index in [1.165, 1.54) is 0 Å². The Morgan fingerprint density at radius 1 is 1.19 bits per heavy atom. The summed E-state index contributed by atoms with van der Waals surface area (Å²) in [4.78, 5) is 29.0. The van der Waals surface area contributed by atoms with Crippen LogP contribution in [-0.4, -0.2) is 86.4 Å². The van der Waals surface area contributed by atoms with Crippen molar-refractivity contribution in [2.45, 2.75) is 43.6 Å². The van der Waals surface area contributed by atoms with Gasteiger partial charge in [0.05, 0.1) is 23.7 Å². The fourth-order valence-electron chi connectivity index (χ4n) is 9.55. The molecule has 5 bridgehead atoms. The Morgan fingerprint density at radius 2 is 1.97 bits per heavy atom. The van der Waals surface area contributed by atoms with Crippen molar-refractivity contribution >= 4 is 11.6 Å². The zero-order chi connectivity index (χ0) is 21.9. The third-order valence-electron chi connectivity index (χ3n) is 10.3. The molecule has 6 aliphatic rings. The highest BCUT2D eigenvalue weighted by atomic mass is 16.5. The summed E-state index contributed by atoms with van der Waals surface area (Å²) in [5, 5.41) is 12.4. The quantitative estimate of drug-likeness (QED) is 0.686. The number of fused-ring (bicyclic) bond motifs is 1. The van der Waals surface area contributed by atoms with Crippen LogP contribution in [-0.2, 0) is 23.8 Å². The molecule has 170 valence electrons. The topological polar surface area (TPSA) is 85.3 Å². The second-order valence-electron chi connectivity index (χ2n) is 10.8. The highest BCUT2D eigenvalue weighted by Crippen LogP contribution is 2.78. The van der Waals surface area contributed by atoms with Crippen LogP contribution in [0.25, 0.3) is 0 Å². The van der Waals surface area contributed by atoms with Crippen molar-refractivity contribution in [2.24, 2.45) is 40.4 Å². The predicted molar refractivity (Wildman–Crippen MR) is 110 cm³/mol. The van der Waals surface area contributed by atoms with E-state index in [9.17, 15) is 14.7 Å². The van der Waals surface area contributed by atoms with Crippen molar-refractivity contribution in [1.29, 1.82) is 0 Å². The van der Waals surface area contributed by atoms with Gasteiger partial charge in [0.2, 0.25) is 0 Å². The minimum Gasteiger partial charge on any atom is -0.389 e. The average molecular weight is 432 g/mol. The van der Waals surface area contributed by atoms with E-state index in [-0.39, 0.29) is 58.7 Å². The summed E-state index contributed by atoms with van der Waals surface area (Å²) in [6.07, 6.45) is 4.16. The number of rotatable bonds is 5. The number of carbonyl (C=O) groups excluding carboxylic acids is 2. The number of allylic oxidation sites excluding steroid dienone is 1. The normalized spacial score (nSPS) is 56.4. The number of Topliss-reactive ketones (excluding diaryl/α,β-unsaturated/α-hetero) is 1. The summed E-state index contributed by atoms with van der Waals surface area (Å²) in [5.74, 6) is -0.0911. The number of likely N-dealkylation sites (tertiary alicyclic amines) is 1. The van der Waals surface area contributed by atoms with E-state index in [0.29, 0.717) is 19.6 Å². The van der Waals surface area contributed by atoms with Crippen LogP contribution in [0.1, 0.15) is 19.8 Å². The van der Waals surface area contributed by atoms with Gasteiger partial charge in [-0.1, -0.05) is 13.0 Å². The van der Waals surface area contributed by atoms with Crippen molar-refractivity contribution in [3.05, 3.63) is 12.2 Å². The Morgan fingerprint density at radius 3 is 2.61 bits per heavy atom. The second-order valence-corrected chi connectivity index (χ2v) is 10.8. The number of methoxy groups -OCH3 is 3. The molecule has 31 heavy (non-hydrogen) atoms. The van der Waals surface area contributed by atoms with Crippen molar-refractivity contribution in [1.82, 2.24) is 4.90 Å². The average Bonchev–Trinajstić information content (AvgIpc) is 2.91. The third kappa shape index (κ3) is 1.97. The number of aliphatic hydroxyl groups is 1. The summed E-state index contributed by atoms with van der Waals surface area (Å²) in [5.41, 5.74) is -2.01. The molecule has 1 saturated heterocycles. The Kier molecular flexibility index (Phi) is 4.14. The largest absolute Gasteiger partial charge is 0.389 e. The summed E-state index contributed by atoms with van der Waals surface area (Å²) >= 11 is 0. The molecule has 1 aliphatic heterocycles. The zero-order valence-corrected chi connectivity index (χ0v) is 18.7. The minimum absolute atomic E-state index is 0.0584. The van der Waals surface area contributed by atoms with Crippen molar-refractivity contribution in [3.8, 4) is 0 Å². The molecule has 5 aliphatic carbocycles. The van der Waals surface area contributed by atoms with Crippen LogP contribution in [0.2, 0.25) is 0 Å². The molecule has 4 saturated carbocycles. The van der Waals surface area contributed by atoms with Gasteiger partial charge in [-0.15, -0.1) is 0 Å². The standard InChI is InChI=1S/C24H33NO6/c1-5-25-10-22(11-29-2)15(26)6-7-23-13-8-12-16(13)24(28,9-14(30-3)18(12)27)17(21(23)25)19(31-4)20(22)23/h6-7,12-14,16-17,19-21,28H,5,8-11H2,1-4H3/t12-,13+,14+,16-,17-,19-,20+,21?,22-,23+,24+/m0/s1. The van der Waals surface area contributed by atoms with Gasteiger partial charge in [-0.3, -0.25) is 14.5 Å². The predicted octanol–water partition coefficient (Wildman–Crippen LogP) is 0.694. The molecule has 0 amide bonds. The maximum absolute atomic E-state index is 13.5. The molecule has 1 spiro atoms. The lowest BCUT2D eigenvalue weighted by Gasteiger charge is -2.71. The first-order valence-corrected chi connectivity index (χ1v) is 11.6.